The maximum atomic E-state index is 13.0. The summed E-state index contributed by atoms with van der Waals surface area (Å²) in [4.78, 5) is 14.2. The Labute approximate surface area is 142 Å². The molecule has 23 heavy (non-hydrogen) atoms. The van der Waals surface area contributed by atoms with Gasteiger partial charge in [0.2, 0.25) is 0 Å². The number of fused-ring (bicyclic) bond motifs is 1. The number of hydrogen-bond donors (Lipinski definition) is 2. The molecule has 0 bridgehead atoms. The number of rotatable bonds is 3. The predicted octanol–water partition coefficient (Wildman–Crippen LogP) is 4.53. The first kappa shape index (κ1) is 16.4. The van der Waals surface area contributed by atoms with Gasteiger partial charge in [-0.05, 0) is 36.3 Å². The lowest BCUT2D eigenvalue weighted by Gasteiger charge is -2.38. The van der Waals surface area contributed by atoms with E-state index in [1.54, 1.807) is 11.8 Å². The highest BCUT2D eigenvalue weighted by atomic mass is 32.2. The topological polar surface area (TPSA) is 57.8 Å². The molecule has 3 rings (SSSR count). The lowest BCUT2D eigenvalue weighted by atomic mass is 9.70. The molecule has 1 aromatic heterocycles. The number of anilines is 1. The Hall–Kier alpha value is -1.49. The molecule has 0 fully saturated rings. The highest BCUT2D eigenvalue weighted by Crippen LogP contribution is 2.51. The molecule has 1 aliphatic heterocycles. The van der Waals surface area contributed by atoms with Gasteiger partial charge in [0.1, 0.15) is 0 Å². The number of carbonyl (C=O) groups is 1. The van der Waals surface area contributed by atoms with Crippen molar-refractivity contribution in [1.29, 1.82) is 0 Å². The number of hydrogen-bond acceptors (Lipinski definition) is 4. The lowest BCUT2D eigenvalue weighted by Crippen LogP contribution is -2.33. The predicted molar refractivity (Wildman–Crippen MR) is 96.6 cm³/mol. The zero-order chi connectivity index (χ0) is 16.8. The van der Waals surface area contributed by atoms with E-state index in [0.29, 0.717) is 6.42 Å². The van der Waals surface area contributed by atoms with Crippen LogP contribution in [0.2, 0.25) is 0 Å². The van der Waals surface area contributed by atoms with Gasteiger partial charge >= 0.3 is 0 Å². The number of aromatic amines is 1. The molecule has 1 unspecified atom stereocenters. The molecule has 1 atom stereocenters. The molecule has 1 aromatic rings. The molecular formula is C18H25N3OS. The molecule has 1 aliphatic carbocycles. The average Bonchev–Trinajstić information content (AvgIpc) is 2.82. The van der Waals surface area contributed by atoms with Crippen molar-refractivity contribution in [3.05, 3.63) is 33.5 Å². The van der Waals surface area contributed by atoms with Crippen LogP contribution in [0.3, 0.4) is 0 Å². The van der Waals surface area contributed by atoms with Gasteiger partial charge in [-0.3, -0.25) is 9.89 Å². The summed E-state index contributed by atoms with van der Waals surface area (Å²) in [5.41, 5.74) is 4.19. The highest BCUT2D eigenvalue weighted by Gasteiger charge is 2.42. The van der Waals surface area contributed by atoms with Crippen molar-refractivity contribution >= 4 is 23.4 Å². The van der Waals surface area contributed by atoms with E-state index >= 15 is 0 Å². The Morgan fingerprint density at radius 3 is 2.83 bits per heavy atom. The fraction of sp³-hybridized carbons (Fsp3) is 0.556. The van der Waals surface area contributed by atoms with Crippen LogP contribution in [0.15, 0.2) is 22.3 Å². The Morgan fingerprint density at radius 1 is 1.43 bits per heavy atom. The van der Waals surface area contributed by atoms with Crippen LogP contribution in [0.5, 0.6) is 0 Å². The van der Waals surface area contributed by atoms with Crippen molar-refractivity contribution in [2.24, 2.45) is 5.41 Å². The lowest BCUT2D eigenvalue weighted by molar-refractivity contribution is -0.118. The zero-order valence-corrected chi connectivity index (χ0v) is 15.4. The van der Waals surface area contributed by atoms with E-state index in [-0.39, 0.29) is 17.1 Å². The van der Waals surface area contributed by atoms with Gasteiger partial charge < -0.3 is 5.32 Å². The summed E-state index contributed by atoms with van der Waals surface area (Å²) in [5.74, 6) is 1.18. The fourth-order valence-corrected chi connectivity index (χ4v) is 4.56. The first-order valence-corrected chi connectivity index (χ1v) is 9.42. The second-order valence-electron chi connectivity index (χ2n) is 7.22. The molecule has 2 aliphatic rings. The van der Waals surface area contributed by atoms with Gasteiger partial charge in [0.05, 0.1) is 5.92 Å². The molecule has 4 nitrogen and oxygen atoms in total. The van der Waals surface area contributed by atoms with Crippen LogP contribution in [-0.2, 0) is 4.79 Å². The zero-order valence-electron chi connectivity index (χ0n) is 14.5. The van der Waals surface area contributed by atoms with Crippen molar-refractivity contribution in [3.8, 4) is 0 Å². The normalized spacial score (nSPS) is 23.4. The van der Waals surface area contributed by atoms with E-state index < -0.39 is 0 Å². The van der Waals surface area contributed by atoms with E-state index in [9.17, 15) is 4.79 Å². The number of aromatic nitrogens is 2. The van der Waals surface area contributed by atoms with Gasteiger partial charge in [-0.1, -0.05) is 26.8 Å². The molecule has 2 N–H and O–H groups in total. The minimum atomic E-state index is 0.00428. The molecule has 2 heterocycles. The van der Waals surface area contributed by atoms with E-state index in [1.165, 1.54) is 4.91 Å². The smallest absolute Gasteiger partial charge is 0.162 e. The SMILES string of the molecule is CC/C=C(\SC)C1C2=C(CC(C)(C)CC2=O)Nc2n[nH]c(C)c21. The second kappa shape index (κ2) is 5.86. The van der Waals surface area contributed by atoms with Gasteiger partial charge in [-0.25, -0.2) is 0 Å². The van der Waals surface area contributed by atoms with Crippen LogP contribution >= 0.6 is 11.8 Å². The number of H-pyrrole nitrogens is 1. The Balaban J connectivity index is 2.19. The van der Waals surface area contributed by atoms with Crippen molar-refractivity contribution in [3.63, 3.8) is 0 Å². The van der Waals surface area contributed by atoms with Crippen LogP contribution in [0.4, 0.5) is 5.82 Å². The van der Waals surface area contributed by atoms with Crippen LogP contribution in [0.1, 0.15) is 57.2 Å². The van der Waals surface area contributed by atoms with E-state index in [0.717, 1.165) is 41.2 Å². The summed E-state index contributed by atoms with van der Waals surface area (Å²) in [5, 5.41) is 11.0. The number of carbonyl (C=O) groups excluding carboxylic acids is 1. The van der Waals surface area contributed by atoms with E-state index in [2.05, 4.69) is 48.6 Å². The molecule has 0 aromatic carbocycles. The van der Waals surface area contributed by atoms with Gasteiger partial charge in [0, 0.05) is 28.9 Å². The average molecular weight is 331 g/mol. The monoisotopic (exact) mass is 331 g/mol. The van der Waals surface area contributed by atoms with Crippen molar-refractivity contribution in [2.75, 3.05) is 11.6 Å². The molecule has 5 heteroatoms. The Kier molecular flexibility index (Phi) is 4.17. The second-order valence-corrected chi connectivity index (χ2v) is 8.10. The summed E-state index contributed by atoms with van der Waals surface area (Å²) in [6.07, 6.45) is 6.81. The summed E-state index contributed by atoms with van der Waals surface area (Å²) < 4.78 is 0. The molecular weight excluding hydrogens is 306 g/mol. The van der Waals surface area contributed by atoms with E-state index in [4.69, 9.17) is 0 Å². The number of Topliss-reactive ketones (excluding diaryl/α,β-unsaturated/α-hetero) is 1. The van der Waals surface area contributed by atoms with Gasteiger partial charge in [0.25, 0.3) is 0 Å². The minimum Gasteiger partial charge on any atom is -0.342 e. The molecule has 124 valence electrons. The molecule has 0 amide bonds. The molecule has 0 radical (unpaired) electrons. The fourth-order valence-electron chi connectivity index (χ4n) is 3.76. The molecule has 0 saturated carbocycles. The van der Waals surface area contributed by atoms with E-state index in [1.807, 2.05) is 6.92 Å². The summed E-state index contributed by atoms with van der Waals surface area (Å²) in [6, 6.07) is 0. The summed E-state index contributed by atoms with van der Waals surface area (Å²) >= 11 is 1.74. The maximum absolute atomic E-state index is 13.0. The van der Waals surface area contributed by atoms with Crippen molar-refractivity contribution in [1.82, 2.24) is 10.2 Å². The first-order chi connectivity index (χ1) is 10.9. The number of allylic oxidation sites excluding steroid dienone is 4. The number of nitrogens with one attached hydrogen (secondary N) is 2. The number of ketones is 1. The van der Waals surface area contributed by atoms with Crippen LogP contribution in [0.25, 0.3) is 0 Å². The number of aryl methyl sites for hydroxylation is 1. The molecule has 0 saturated heterocycles. The number of nitrogens with zero attached hydrogens (tertiary/aromatic N) is 1. The van der Waals surface area contributed by atoms with Crippen LogP contribution < -0.4 is 5.32 Å². The van der Waals surface area contributed by atoms with Gasteiger partial charge in [0.15, 0.2) is 11.6 Å². The van der Waals surface area contributed by atoms with Gasteiger partial charge in [-0.2, -0.15) is 5.10 Å². The Bertz CT molecular complexity index is 712. The third-order valence-corrected chi connectivity index (χ3v) is 5.56. The Morgan fingerprint density at radius 2 is 2.17 bits per heavy atom. The van der Waals surface area contributed by atoms with Crippen LogP contribution in [0, 0.1) is 12.3 Å². The summed E-state index contributed by atoms with van der Waals surface area (Å²) in [6.45, 7) is 8.50. The minimum absolute atomic E-state index is 0.00428. The van der Waals surface area contributed by atoms with Crippen molar-refractivity contribution in [2.45, 2.75) is 52.9 Å². The standard InChI is InChI=1S/C18H25N3OS/c1-6-7-13(23-5)16-14-10(2)20-21-17(14)19-11-8-18(3,4)9-12(22)15(11)16/h7,16H,6,8-9H2,1-5H3,(H2,19,20,21)/b13-7-. The van der Waals surface area contributed by atoms with Gasteiger partial charge in [-0.15, -0.1) is 11.8 Å². The maximum Gasteiger partial charge on any atom is 0.162 e. The van der Waals surface area contributed by atoms with Crippen molar-refractivity contribution < 1.29 is 4.79 Å². The quantitative estimate of drug-likeness (QED) is 0.854. The number of thioether (sulfide) groups is 1. The molecule has 0 spiro atoms. The largest absolute Gasteiger partial charge is 0.342 e. The summed E-state index contributed by atoms with van der Waals surface area (Å²) in [7, 11) is 0. The highest BCUT2D eigenvalue weighted by molar-refractivity contribution is 8.02. The first-order valence-electron chi connectivity index (χ1n) is 8.20. The third kappa shape index (κ3) is 2.75. The van der Waals surface area contributed by atoms with Crippen LogP contribution in [-0.4, -0.2) is 22.2 Å². The third-order valence-electron chi connectivity index (χ3n) is 4.69.